The highest BCUT2D eigenvalue weighted by atomic mass is 19.1. The van der Waals surface area contributed by atoms with E-state index >= 15 is 0 Å². The number of anilines is 2. The molecule has 84 valence electrons. The van der Waals surface area contributed by atoms with E-state index in [0.29, 0.717) is 17.2 Å². The Labute approximate surface area is 98.8 Å². The molecule has 0 spiro atoms. The standard InChI is InChI=1S/C13H10FN3/c1-17(12-7-3-2-6-11(12)14)13-8-4-5-10(9-15)16-13/h2-8H,1H3. The Bertz CT molecular complexity index is 575. The van der Waals surface area contributed by atoms with Crippen LogP contribution in [0.3, 0.4) is 0 Å². The van der Waals surface area contributed by atoms with Gasteiger partial charge < -0.3 is 4.90 Å². The van der Waals surface area contributed by atoms with Crippen LogP contribution in [0.2, 0.25) is 0 Å². The van der Waals surface area contributed by atoms with E-state index in [9.17, 15) is 4.39 Å². The molecule has 3 nitrogen and oxygen atoms in total. The van der Waals surface area contributed by atoms with E-state index in [1.54, 1.807) is 48.3 Å². The number of pyridine rings is 1. The van der Waals surface area contributed by atoms with Crippen molar-refractivity contribution in [3.05, 3.63) is 54.0 Å². The van der Waals surface area contributed by atoms with Crippen molar-refractivity contribution in [2.75, 3.05) is 11.9 Å². The molecule has 0 radical (unpaired) electrons. The average Bonchev–Trinajstić information content (AvgIpc) is 2.38. The molecule has 0 saturated heterocycles. The summed E-state index contributed by atoms with van der Waals surface area (Å²) in [7, 11) is 1.71. The summed E-state index contributed by atoms with van der Waals surface area (Å²) in [5.74, 6) is 0.216. The molecule has 0 N–H and O–H groups in total. The zero-order valence-electron chi connectivity index (χ0n) is 9.26. The smallest absolute Gasteiger partial charge is 0.146 e. The minimum Gasteiger partial charge on any atom is -0.327 e. The Hall–Kier alpha value is -2.41. The Morgan fingerprint density at radius 1 is 1.18 bits per heavy atom. The quantitative estimate of drug-likeness (QED) is 0.792. The van der Waals surface area contributed by atoms with Crippen molar-refractivity contribution in [1.29, 1.82) is 5.26 Å². The Balaban J connectivity index is 2.41. The number of hydrogen-bond acceptors (Lipinski definition) is 3. The fourth-order valence-corrected chi connectivity index (χ4v) is 1.52. The SMILES string of the molecule is CN(c1cccc(C#N)n1)c1ccccc1F. The number of benzene rings is 1. The van der Waals surface area contributed by atoms with E-state index in [-0.39, 0.29) is 5.82 Å². The zero-order chi connectivity index (χ0) is 12.3. The van der Waals surface area contributed by atoms with E-state index in [0.717, 1.165) is 0 Å². The summed E-state index contributed by atoms with van der Waals surface area (Å²) in [6.07, 6.45) is 0. The Morgan fingerprint density at radius 2 is 1.94 bits per heavy atom. The maximum atomic E-state index is 13.6. The van der Waals surface area contributed by atoms with Gasteiger partial charge in [-0.2, -0.15) is 5.26 Å². The highest BCUT2D eigenvalue weighted by Gasteiger charge is 2.09. The van der Waals surface area contributed by atoms with Crippen LogP contribution in [0, 0.1) is 17.1 Å². The molecule has 0 aliphatic heterocycles. The lowest BCUT2D eigenvalue weighted by Crippen LogP contribution is -2.13. The molecule has 1 aromatic carbocycles. The second-order valence-electron chi connectivity index (χ2n) is 3.50. The molecule has 4 heteroatoms. The highest BCUT2D eigenvalue weighted by Crippen LogP contribution is 2.24. The van der Waals surface area contributed by atoms with Crippen LogP contribution >= 0.6 is 0 Å². The molecule has 2 aromatic rings. The van der Waals surface area contributed by atoms with Crippen molar-refractivity contribution in [3.63, 3.8) is 0 Å². The zero-order valence-corrected chi connectivity index (χ0v) is 9.26. The Kier molecular flexibility index (Phi) is 3.01. The maximum Gasteiger partial charge on any atom is 0.146 e. The van der Waals surface area contributed by atoms with Gasteiger partial charge in [0.05, 0.1) is 5.69 Å². The maximum absolute atomic E-state index is 13.6. The van der Waals surface area contributed by atoms with Gasteiger partial charge in [0.25, 0.3) is 0 Å². The molecule has 1 aromatic heterocycles. The van der Waals surface area contributed by atoms with E-state index < -0.39 is 0 Å². The van der Waals surface area contributed by atoms with Crippen LogP contribution < -0.4 is 4.90 Å². The number of nitriles is 1. The van der Waals surface area contributed by atoms with Crippen molar-refractivity contribution in [1.82, 2.24) is 4.98 Å². The summed E-state index contributed by atoms with van der Waals surface area (Å²) in [5.41, 5.74) is 0.737. The Morgan fingerprint density at radius 3 is 2.65 bits per heavy atom. The third-order valence-electron chi connectivity index (χ3n) is 2.41. The fraction of sp³-hybridized carbons (Fsp3) is 0.0769. The highest BCUT2D eigenvalue weighted by molar-refractivity contribution is 5.60. The predicted molar refractivity (Wildman–Crippen MR) is 63.4 cm³/mol. The van der Waals surface area contributed by atoms with Gasteiger partial charge in [-0.15, -0.1) is 0 Å². The van der Waals surface area contributed by atoms with Crippen LogP contribution in [0.25, 0.3) is 0 Å². The van der Waals surface area contributed by atoms with Crippen LogP contribution in [0.15, 0.2) is 42.5 Å². The fourth-order valence-electron chi connectivity index (χ4n) is 1.52. The molecule has 2 rings (SSSR count). The topological polar surface area (TPSA) is 39.9 Å². The van der Waals surface area contributed by atoms with Crippen LogP contribution in [-0.4, -0.2) is 12.0 Å². The first-order chi connectivity index (χ1) is 8.22. The molecule has 17 heavy (non-hydrogen) atoms. The number of halogens is 1. The molecule has 0 unspecified atom stereocenters. The molecule has 0 aliphatic rings. The first-order valence-electron chi connectivity index (χ1n) is 5.08. The van der Waals surface area contributed by atoms with Crippen molar-refractivity contribution in [2.45, 2.75) is 0 Å². The van der Waals surface area contributed by atoms with Crippen LogP contribution in [0.4, 0.5) is 15.9 Å². The molecule has 0 aliphatic carbocycles. The third kappa shape index (κ3) is 2.23. The van der Waals surface area contributed by atoms with E-state index in [4.69, 9.17) is 5.26 Å². The number of rotatable bonds is 2. The largest absolute Gasteiger partial charge is 0.327 e. The van der Waals surface area contributed by atoms with Gasteiger partial charge >= 0.3 is 0 Å². The van der Waals surface area contributed by atoms with Crippen LogP contribution in [-0.2, 0) is 0 Å². The number of aromatic nitrogens is 1. The summed E-state index contributed by atoms with van der Waals surface area (Å²) in [4.78, 5) is 5.71. The van der Waals surface area contributed by atoms with Crippen LogP contribution in [0.1, 0.15) is 5.69 Å². The van der Waals surface area contributed by atoms with E-state index in [1.807, 2.05) is 6.07 Å². The number of hydrogen-bond donors (Lipinski definition) is 0. The third-order valence-corrected chi connectivity index (χ3v) is 2.41. The number of nitrogens with zero attached hydrogens (tertiary/aromatic N) is 3. The van der Waals surface area contributed by atoms with E-state index in [2.05, 4.69) is 4.98 Å². The predicted octanol–water partition coefficient (Wildman–Crippen LogP) is 2.86. The molecule has 1 heterocycles. The van der Waals surface area contributed by atoms with E-state index in [1.165, 1.54) is 6.07 Å². The van der Waals surface area contributed by atoms with Gasteiger partial charge in [0.1, 0.15) is 23.4 Å². The summed E-state index contributed by atoms with van der Waals surface area (Å²) in [5, 5.41) is 8.76. The van der Waals surface area contributed by atoms with Gasteiger partial charge in [-0.1, -0.05) is 18.2 Å². The second-order valence-corrected chi connectivity index (χ2v) is 3.50. The molecule has 0 bridgehead atoms. The lowest BCUT2D eigenvalue weighted by Gasteiger charge is -2.18. The average molecular weight is 227 g/mol. The lowest BCUT2D eigenvalue weighted by atomic mass is 10.2. The van der Waals surface area contributed by atoms with Gasteiger partial charge in [-0.3, -0.25) is 0 Å². The minimum absolute atomic E-state index is 0.311. The summed E-state index contributed by atoms with van der Waals surface area (Å²) < 4.78 is 13.6. The summed E-state index contributed by atoms with van der Waals surface area (Å²) >= 11 is 0. The van der Waals surface area contributed by atoms with Crippen molar-refractivity contribution in [2.24, 2.45) is 0 Å². The minimum atomic E-state index is -0.320. The van der Waals surface area contributed by atoms with Gasteiger partial charge in [0, 0.05) is 7.05 Å². The van der Waals surface area contributed by atoms with Gasteiger partial charge in [-0.25, -0.2) is 9.37 Å². The monoisotopic (exact) mass is 227 g/mol. The van der Waals surface area contributed by atoms with Gasteiger partial charge in [0.2, 0.25) is 0 Å². The molecular weight excluding hydrogens is 217 g/mol. The molecule has 0 saturated carbocycles. The van der Waals surface area contributed by atoms with Crippen molar-refractivity contribution < 1.29 is 4.39 Å². The molecular formula is C13H10FN3. The van der Waals surface area contributed by atoms with Gasteiger partial charge in [0.15, 0.2) is 0 Å². The first kappa shape index (κ1) is 11.1. The van der Waals surface area contributed by atoms with Crippen molar-refractivity contribution in [3.8, 4) is 6.07 Å². The summed E-state index contributed by atoms with van der Waals surface area (Å²) in [6.45, 7) is 0. The first-order valence-corrected chi connectivity index (χ1v) is 5.08. The van der Waals surface area contributed by atoms with Gasteiger partial charge in [-0.05, 0) is 24.3 Å². The van der Waals surface area contributed by atoms with Crippen LogP contribution in [0.5, 0.6) is 0 Å². The molecule has 0 amide bonds. The lowest BCUT2D eigenvalue weighted by molar-refractivity contribution is 0.627. The summed E-state index contributed by atoms with van der Waals surface area (Å²) in [6, 6.07) is 13.5. The normalized spacial score (nSPS) is 9.71. The van der Waals surface area contributed by atoms with Crippen molar-refractivity contribution >= 4 is 11.5 Å². The second kappa shape index (κ2) is 4.62. The number of para-hydroxylation sites is 1. The molecule has 0 atom stereocenters. The molecule has 0 fully saturated rings.